The van der Waals surface area contributed by atoms with E-state index in [9.17, 15) is 9.90 Å². The van der Waals surface area contributed by atoms with E-state index in [2.05, 4.69) is 15.2 Å². The topological polar surface area (TPSA) is 91.3 Å². The average molecular weight is 276 g/mol. The number of hydrogen-bond acceptors (Lipinski definition) is 5. The number of nitrogens with zero attached hydrogens (tertiary/aromatic N) is 3. The maximum Gasteiger partial charge on any atom is 0.257 e. The summed E-state index contributed by atoms with van der Waals surface area (Å²) in [6.45, 7) is 2.03. The highest BCUT2D eigenvalue weighted by Gasteiger charge is 2.18. The van der Waals surface area contributed by atoms with E-state index >= 15 is 0 Å². The SMILES string of the molecule is COc1ccc(O)c(C(=O)N(C)Cc2n[nH]c(C)n2)c1. The number of hydrogen-bond donors (Lipinski definition) is 2. The van der Waals surface area contributed by atoms with Gasteiger partial charge < -0.3 is 14.7 Å². The van der Waals surface area contributed by atoms with E-state index in [-0.39, 0.29) is 23.8 Å². The van der Waals surface area contributed by atoms with Crippen LogP contribution in [0.4, 0.5) is 0 Å². The standard InChI is InChI=1S/C13H16N4O3/c1-8-14-12(16-15-8)7-17(2)13(19)10-6-9(20-3)4-5-11(10)18/h4-6,18H,7H2,1-3H3,(H,14,15,16). The number of H-pyrrole nitrogens is 1. The molecule has 0 unspecified atom stereocenters. The van der Waals surface area contributed by atoms with Crippen molar-refractivity contribution in [2.45, 2.75) is 13.5 Å². The van der Waals surface area contributed by atoms with E-state index in [0.29, 0.717) is 17.4 Å². The van der Waals surface area contributed by atoms with Crippen molar-refractivity contribution < 1.29 is 14.6 Å². The number of phenolic OH excluding ortho intramolecular Hbond substituents is 1. The van der Waals surface area contributed by atoms with Crippen molar-refractivity contribution in [3.8, 4) is 11.5 Å². The minimum Gasteiger partial charge on any atom is -0.507 e. The van der Waals surface area contributed by atoms with Gasteiger partial charge in [-0.3, -0.25) is 9.89 Å². The van der Waals surface area contributed by atoms with Gasteiger partial charge in [-0.05, 0) is 25.1 Å². The number of amides is 1. The lowest BCUT2D eigenvalue weighted by Crippen LogP contribution is -2.26. The number of ether oxygens (including phenoxy) is 1. The summed E-state index contributed by atoms with van der Waals surface area (Å²) >= 11 is 0. The van der Waals surface area contributed by atoms with Gasteiger partial charge in [-0.25, -0.2) is 4.98 Å². The number of nitrogens with one attached hydrogen (secondary N) is 1. The third kappa shape index (κ3) is 2.87. The minimum atomic E-state index is -0.330. The molecule has 0 saturated heterocycles. The number of methoxy groups -OCH3 is 1. The summed E-state index contributed by atoms with van der Waals surface area (Å²) in [7, 11) is 3.12. The molecule has 0 saturated carbocycles. The van der Waals surface area contributed by atoms with Crippen molar-refractivity contribution in [3.05, 3.63) is 35.4 Å². The molecule has 0 atom stereocenters. The molecule has 0 aliphatic carbocycles. The van der Waals surface area contributed by atoms with Crippen LogP contribution in [0, 0.1) is 6.92 Å². The summed E-state index contributed by atoms with van der Waals surface area (Å²) in [6, 6.07) is 4.51. The van der Waals surface area contributed by atoms with Gasteiger partial charge in [0.05, 0.1) is 19.2 Å². The first-order valence-corrected chi connectivity index (χ1v) is 6.01. The average Bonchev–Trinajstić information content (AvgIpc) is 2.84. The zero-order valence-corrected chi connectivity index (χ0v) is 11.5. The highest BCUT2D eigenvalue weighted by Crippen LogP contribution is 2.24. The Labute approximate surface area is 116 Å². The molecule has 1 heterocycles. The number of aromatic nitrogens is 3. The predicted molar refractivity (Wildman–Crippen MR) is 71.6 cm³/mol. The molecule has 1 amide bonds. The van der Waals surface area contributed by atoms with E-state index < -0.39 is 0 Å². The molecule has 2 aromatic rings. The molecule has 1 aromatic heterocycles. The number of rotatable bonds is 4. The molecule has 1 aromatic carbocycles. The Morgan fingerprint density at radius 1 is 1.50 bits per heavy atom. The molecular formula is C13H16N4O3. The summed E-state index contributed by atoms with van der Waals surface area (Å²) in [5, 5.41) is 16.5. The van der Waals surface area contributed by atoms with Crippen LogP contribution in [-0.4, -0.2) is 45.3 Å². The lowest BCUT2D eigenvalue weighted by atomic mass is 10.1. The largest absolute Gasteiger partial charge is 0.507 e. The summed E-state index contributed by atoms with van der Waals surface area (Å²) in [4.78, 5) is 17.9. The van der Waals surface area contributed by atoms with Crippen molar-refractivity contribution in [2.24, 2.45) is 0 Å². The van der Waals surface area contributed by atoms with Crippen LogP contribution in [-0.2, 0) is 6.54 Å². The molecule has 106 valence electrons. The second-order valence-corrected chi connectivity index (χ2v) is 4.38. The van der Waals surface area contributed by atoms with E-state index in [1.807, 2.05) is 0 Å². The van der Waals surface area contributed by atoms with E-state index in [1.165, 1.54) is 24.1 Å². The second kappa shape index (κ2) is 5.60. The van der Waals surface area contributed by atoms with Crippen molar-refractivity contribution in [2.75, 3.05) is 14.2 Å². The van der Waals surface area contributed by atoms with Crippen LogP contribution < -0.4 is 4.74 Å². The predicted octanol–water partition coefficient (Wildman–Crippen LogP) is 1.10. The Morgan fingerprint density at radius 2 is 2.25 bits per heavy atom. The first-order chi connectivity index (χ1) is 9.51. The molecule has 0 fully saturated rings. The van der Waals surface area contributed by atoms with Gasteiger partial charge in [-0.1, -0.05) is 0 Å². The van der Waals surface area contributed by atoms with Gasteiger partial charge in [0.15, 0.2) is 5.82 Å². The van der Waals surface area contributed by atoms with Crippen molar-refractivity contribution in [3.63, 3.8) is 0 Å². The Bertz CT molecular complexity index is 624. The van der Waals surface area contributed by atoms with Crippen LogP contribution in [0.2, 0.25) is 0 Å². The second-order valence-electron chi connectivity index (χ2n) is 4.38. The number of aromatic hydroxyl groups is 1. The molecule has 0 aliphatic rings. The number of carbonyl (C=O) groups is 1. The van der Waals surface area contributed by atoms with Gasteiger partial charge >= 0.3 is 0 Å². The maximum atomic E-state index is 12.3. The molecule has 2 N–H and O–H groups in total. The van der Waals surface area contributed by atoms with Gasteiger partial charge in [0.2, 0.25) is 0 Å². The molecule has 0 spiro atoms. The van der Waals surface area contributed by atoms with Crippen LogP contribution >= 0.6 is 0 Å². The Balaban J connectivity index is 2.17. The van der Waals surface area contributed by atoms with Crippen molar-refractivity contribution in [1.29, 1.82) is 0 Å². The Morgan fingerprint density at radius 3 is 2.85 bits per heavy atom. The number of benzene rings is 1. The lowest BCUT2D eigenvalue weighted by Gasteiger charge is -2.16. The Hall–Kier alpha value is -2.57. The first-order valence-electron chi connectivity index (χ1n) is 6.01. The van der Waals surface area contributed by atoms with Crippen LogP contribution in [0.15, 0.2) is 18.2 Å². The molecule has 0 radical (unpaired) electrons. The van der Waals surface area contributed by atoms with Gasteiger partial charge in [0.25, 0.3) is 5.91 Å². The zero-order valence-electron chi connectivity index (χ0n) is 11.5. The molecule has 0 bridgehead atoms. The fourth-order valence-electron chi connectivity index (χ4n) is 1.76. The van der Waals surface area contributed by atoms with Crippen LogP contribution in [0.25, 0.3) is 0 Å². The van der Waals surface area contributed by atoms with E-state index in [1.54, 1.807) is 20.0 Å². The smallest absolute Gasteiger partial charge is 0.257 e. The summed E-state index contributed by atoms with van der Waals surface area (Å²) in [6.07, 6.45) is 0. The third-order valence-corrected chi connectivity index (χ3v) is 2.80. The van der Waals surface area contributed by atoms with Crippen LogP contribution in [0.5, 0.6) is 11.5 Å². The summed E-state index contributed by atoms with van der Waals surface area (Å²) in [5.74, 6) is 1.29. The molecule has 2 rings (SSSR count). The quantitative estimate of drug-likeness (QED) is 0.872. The molecule has 7 heteroatoms. The molecular weight excluding hydrogens is 260 g/mol. The van der Waals surface area contributed by atoms with Crippen molar-refractivity contribution >= 4 is 5.91 Å². The van der Waals surface area contributed by atoms with Gasteiger partial charge in [0.1, 0.15) is 17.3 Å². The number of aromatic amines is 1. The highest BCUT2D eigenvalue weighted by molar-refractivity contribution is 5.97. The monoisotopic (exact) mass is 276 g/mol. The normalized spacial score (nSPS) is 10.3. The summed E-state index contributed by atoms with van der Waals surface area (Å²) in [5.41, 5.74) is 0.180. The fourth-order valence-corrected chi connectivity index (χ4v) is 1.76. The minimum absolute atomic E-state index is 0.0891. The van der Waals surface area contributed by atoms with Crippen LogP contribution in [0.1, 0.15) is 22.0 Å². The third-order valence-electron chi connectivity index (χ3n) is 2.80. The van der Waals surface area contributed by atoms with Gasteiger partial charge in [-0.2, -0.15) is 5.10 Å². The number of carbonyl (C=O) groups excluding carboxylic acids is 1. The van der Waals surface area contributed by atoms with E-state index in [4.69, 9.17) is 4.74 Å². The fraction of sp³-hybridized carbons (Fsp3) is 0.308. The zero-order chi connectivity index (χ0) is 14.7. The van der Waals surface area contributed by atoms with Gasteiger partial charge in [-0.15, -0.1) is 0 Å². The first kappa shape index (κ1) is 13.9. The molecule has 0 aliphatic heterocycles. The number of aryl methyl sites for hydroxylation is 1. The van der Waals surface area contributed by atoms with Gasteiger partial charge in [0, 0.05) is 7.05 Å². The number of phenols is 1. The highest BCUT2D eigenvalue weighted by atomic mass is 16.5. The lowest BCUT2D eigenvalue weighted by molar-refractivity contribution is 0.0778. The summed E-state index contributed by atoms with van der Waals surface area (Å²) < 4.78 is 5.05. The molecule has 7 nitrogen and oxygen atoms in total. The van der Waals surface area contributed by atoms with Crippen molar-refractivity contribution in [1.82, 2.24) is 20.1 Å². The van der Waals surface area contributed by atoms with E-state index in [0.717, 1.165) is 0 Å². The van der Waals surface area contributed by atoms with Crippen LogP contribution in [0.3, 0.4) is 0 Å². The molecule has 20 heavy (non-hydrogen) atoms. The Kier molecular flexibility index (Phi) is 3.88. The maximum absolute atomic E-state index is 12.3.